The smallest absolute Gasteiger partial charge is 0.240 e. The predicted octanol–water partition coefficient (Wildman–Crippen LogP) is 8.97. The highest BCUT2D eigenvalue weighted by Crippen LogP contribution is 2.48. The Kier molecular flexibility index (Phi) is 9.80. The van der Waals surface area contributed by atoms with Crippen molar-refractivity contribution in [3.63, 3.8) is 0 Å². The van der Waals surface area contributed by atoms with Gasteiger partial charge >= 0.3 is 0 Å². The fourth-order valence-electron chi connectivity index (χ4n) is 7.22. The van der Waals surface area contributed by atoms with Crippen LogP contribution in [0.3, 0.4) is 0 Å². The van der Waals surface area contributed by atoms with Crippen LogP contribution in [0.15, 0.2) is 60.7 Å². The molecule has 0 bridgehead atoms. The van der Waals surface area contributed by atoms with Crippen molar-refractivity contribution in [1.29, 1.82) is 0 Å². The van der Waals surface area contributed by atoms with Crippen molar-refractivity contribution in [3.05, 3.63) is 88.3 Å². The van der Waals surface area contributed by atoms with Gasteiger partial charge in [0.05, 0.1) is 29.7 Å². The first-order chi connectivity index (χ1) is 23.0. The fraction of sp³-hybridized carbons (Fsp3) is 0.447. The average molecular weight is 662 g/mol. The Bertz CT molecular complexity index is 1730. The molecule has 1 aromatic heterocycles. The Morgan fingerprint density at radius 2 is 1.77 bits per heavy atom. The maximum Gasteiger partial charge on any atom is 0.240 e. The number of ether oxygens (including phenoxy) is 3. The van der Waals surface area contributed by atoms with E-state index in [0.29, 0.717) is 35.3 Å². The molecule has 3 heterocycles. The van der Waals surface area contributed by atoms with Gasteiger partial charge in [-0.25, -0.2) is 4.68 Å². The zero-order chi connectivity index (χ0) is 32.3. The van der Waals surface area contributed by atoms with Crippen LogP contribution >= 0.6 is 11.6 Å². The molecule has 0 radical (unpaired) electrons. The van der Waals surface area contributed by atoms with E-state index in [0.717, 1.165) is 104 Å². The normalized spacial score (nSPS) is 21.1. The van der Waals surface area contributed by atoms with Crippen LogP contribution in [0.25, 0.3) is 22.0 Å². The van der Waals surface area contributed by atoms with E-state index in [4.69, 9.17) is 25.8 Å². The van der Waals surface area contributed by atoms with Gasteiger partial charge in [0.1, 0.15) is 18.1 Å². The lowest BCUT2D eigenvalue weighted by Gasteiger charge is -2.32. The van der Waals surface area contributed by atoms with Gasteiger partial charge < -0.3 is 14.2 Å². The summed E-state index contributed by atoms with van der Waals surface area (Å²) in [7, 11) is 1.64. The SMILES string of the molecule is COc1ccc(C(=C(c2ccc(OCCN3CC[C@@H](CF)C3)cc2)c2ccc3c(c2)c(F)nn3C2CCCCO2)C2CCC2)c(Cl)c1. The lowest BCUT2D eigenvalue weighted by molar-refractivity contribution is -0.0375. The van der Waals surface area contributed by atoms with Crippen molar-refractivity contribution in [2.75, 3.05) is 46.6 Å². The first-order valence-corrected chi connectivity index (χ1v) is 17.3. The van der Waals surface area contributed by atoms with E-state index < -0.39 is 5.95 Å². The van der Waals surface area contributed by atoms with Crippen LogP contribution in [-0.2, 0) is 4.74 Å². The molecule has 47 heavy (non-hydrogen) atoms. The first-order valence-electron chi connectivity index (χ1n) is 16.9. The van der Waals surface area contributed by atoms with Crippen molar-refractivity contribution in [3.8, 4) is 11.5 Å². The summed E-state index contributed by atoms with van der Waals surface area (Å²) in [6.45, 7) is 3.43. The maximum absolute atomic E-state index is 15.6. The zero-order valence-electron chi connectivity index (χ0n) is 26.9. The molecule has 1 saturated carbocycles. The molecule has 9 heteroatoms. The molecule has 3 fully saturated rings. The molecule has 4 aromatic rings. The van der Waals surface area contributed by atoms with E-state index >= 15 is 4.39 Å². The molecule has 0 spiro atoms. The number of methoxy groups -OCH3 is 1. The second-order valence-electron chi connectivity index (χ2n) is 13.0. The summed E-state index contributed by atoms with van der Waals surface area (Å²) in [5.41, 5.74) is 5.75. The van der Waals surface area contributed by atoms with Crippen molar-refractivity contribution in [2.45, 2.75) is 51.2 Å². The molecule has 0 amide bonds. The molecule has 2 aliphatic heterocycles. The number of likely N-dealkylation sites (tertiary alicyclic amines) is 1. The quantitative estimate of drug-likeness (QED) is 0.150. The topological polar surface area (TPSA) is 48.8 Å². The minimum absolute atomic E-state index is 0.145. The van der Waals surface area contributed by atoms with Crippen molar-refractivity contribution >= 4 is 33.7 Å². The lowest BCUT2D eigenvalue weighted by Crippen LogP contribution is -2.26. The van der Waals surface area contributed by atoms with Crippen LogP contribution in [-0.4, -0.2) is 61.3 Å². The molecular weight excluding hydrogens is 620 g/mol. The van der Waals surface area contributed by atoms with Gasteiger partial charge in [0.15, 0.2) is 6.23 Å². The molecular formula is C38H42ClF2N3O3. The molecule has 2 atom stereocenters. The minimum Gasteiger partial charge on any atom is -0.497 e. The molecule has 1 unspecified atom stereocenters. The van der Waals surface area contributed by atoms with E-state index in [1.807, 2.05) is 42.5 Å². The number of hydrogen-bond acceptors (Lipinski definition) is 5. The highest BCUT2D eigenvalue weighted by Gasteiger charge is 2.30. The average Bonchev–Trinajstić information content (AvgIpc) is 3.68. The first kappa shape index (κ1) is 32.1. The Morgan fingerprint density at radius 3 is 2.45 bits per heavy atom. The Labute approximate surface area is 280 Å². The van der Waals surface area contributed by atoms with E-state index in [1.165, 1.54) is 0 Å². The number of benzene rings is 3. The number of fused-ring (bicyclic) bond motifs is 1. The van der Waals surface area contributed by atoms with Crippen molar-refractivity contribution in [1.82, 2.24) is 14.7 Å². The maximum atomic E-state index is 15.6. The number of rotatable bonds is 11. The zero-order valence-corrected chi connectivity index (χ0v) is 27.7. The summed E-state index contributed by atoms with van der Waals surface area (Å²) < 4.78 is 47.9. The molecule has 6 nitrogen and oxygen atoms in total. The van der Waals surface area contributed by atoms with Gasteiger partial charge in [0, 0.05) is 25.6 Å². The van der Waals surface area contributed by atoms with Crippen LogP contribution in [0.2, 0.25) is 5.02 Å². The molecule has 248 valence electrons. The van der Waals surface area contributed by atoms with Gasteiger partial charge in [-0.1, -0.05) is 36.2 Å². The van der Waals surface area contributed by atoms with Crippen LogP contribution in [0, 0.1) is 17.8 Å². The standard InChI is InChI=1S/C38H42ClF2N3O3/c1-45-30-13-14-31(33(39)22-30)37(26-5-4-6-26)36(27-8-11-29(12-9-27)46-20-18-43-17-16-25(23-40)24-43)28-10-15-34-32(21-28)38(41)42-44(34)35-7-2-3-19-47-35/h8-15,21-22,25-26,35H,2-7,16-20,23-24H2,1H3/t25-,35?/m0/s1. The summed E-state index contributed by atoms with van der Waals surface area (Å²) in [6.07, 6.45) is 6.75. The van der Waals surface area contributed by atoms with E-state index in [2.05, 4.69) is 28.2 Å². The fourth-order valence-corrected chi connectivity index (χ4v) is 7.49. The molecule has 0 N–H and O–H groups in total. The Morgan fingerprint density at radius 1 is 0.957 bits per heavy atom. The van der Waals surface area contributed by atoms with E-state index in [-0.39, 0.29) is 18.8 Å². The number of alkyl halides is 1. The third-order valence-electron chi connectivity index (χ3n) is 10.0. The van der Waals surface area contributed by atoms with Crippen LogP contribution in [0.5, 0.6) is 11.5 Å². The number of aromatic nitrogens is 2. The van der Waals surface area contributed by atoms with Crippen LogP contribution < -0.4 is 9.47 Å². The highest BCUT2D eigenvalue weighted by molar-refractivity contribution is 6.33. The summed E-state index contributed by atoms with van der Waals surface area (Å²) in [6, 6.07) is 20.0. The summed E-state index contributed by atoms with van der Waals surface area (Å²) >= 11 is 6.97. The van der Waals surface area contributed by atoms with Gasteiger partial charge in [-0.05, 0) is 121 Å². The summed E-state index contributed by atoms with van der Waals surface area (Å²) in [5, 5.41) is 5.39. The largest absolute Gasteiger partial charge is 0.497 e. The summed E-state index contributed by atoms with van der Waals surface area (Å²) in [4.78, 5) is 2.26. The van der Waals surface area contributed by atoms with Crippen LogP contribution in [0.4, 0.5) is 8.78 Å². The third-order valence-corrected chi connectivity index (χ3v) is 10.3. The van der Waals surface area contributed by atoms with Gasteiger partial charge in [-0.15, -0.1) is 5.10 Å². The van der Waals surface area contributed by atoms with Crippen LogP contribution in [0.1, 0.15) is 67.9 Å². The third kappa shape index (κ3) is 6.78. The summed E-state index contributed by atoms with van der Waals surface area (Å²) in [5.74, 6) is 1.43. The molecule has 7 rings (SSSR count). The number of allylic oxidation sites excluding steroid dienone is 1. The minimum atomic E-state index is -0.498. The molecule has 3 aromatic carbocycles. The second-order valence-corrected chi connectivity index (χ2v) is 13.4. The highest BCUT2D eigenvalue weighted by atomic mass is 35.5. The predicted molar refractivity (Wildman–Crippen MR) is 182 cm³/mol. The van der Waals surface area contributed by atoms with Gasteiger partial charge in [-0.3, -0.25) is 9.29 Å². The Hall–Kier alpha value is -3.46. The lowest BCUT2D eigenvalue weighted by atomic mass is 9.73. The van der Waals surface area contributed by atoms with Crippen molar-refractivity contribution < 1.29 is 23.0 Å². The van der Waals surface area contributed by atoms with Gasteiger partial charge in [0.2, 0.25) is 5.95 Å². The van der Waals surface area contributed by atoms with E-state index in [1.54, 1.807) is 11.8 Å². The number of hydrogen-bond donors (Lipinski definition) is 0. The Balaban J connectivity index is 1.27. The van der Waals surface area contributed by atoms with Crippen molar-refractivity contribution in [2.24, 2.45) is 11.8 Å². The molecule has 2 saturated heterocycles. The second kappa shape index (κ2) is 14.3. The number of halogens is 3. The van der Waals surface area contributed by atoms with Gasteiger partial charge in [0.25, 0.3) is 0 Å². The number of nitrogens with zero attached hydrogens (tertiary/aromatic N) is 3. The monoisotopic (exact) mass is 661 g/mol. The molecule has 1 aliphatic carbocycles. The van der Waals surface area contributed by atoms with Gasteiger partial charge in [-0.2, -0.15) is 4.39 Å². The molecule has 3 aliphatic rings. The van der Waals surface area contributed by atoms with E-state index in [9.17, 15) is 4.39 Å².